The predicted octanol–water partition coefficient (Wildman–Crippen LogP) is 3.15. The molecule has 3 heterocycles. The molecule has 2 fully saturated rings. The number of ether oxygens (including phenoxy) is 1. The highest BCUT2D eigenvalue weighted by atomic mass is 16.7. The van der Waals surface area contributed by atoms with Crippen LogP contribution in [0.5, 0.6) is 0 Å². The largest absolute Gasteiger partial charge is 0.367 e. The standard InChI is InChI=1S/C23H36N4O3/c1-23(2,3)30-26-12-10-16(11-13-26)17-6-8-19-20(14-17)25(4)22(28)27(19)18-7-9-21(29-5)24-15-18/h6,8,14,16,18,21,24H,7,9-13,15H2,1-5H3. The van der Waals surface area contributed by atoms with Crippen LogP contribution in [0.25, 0.3) is 11.0 Å². The molecule has 0 saturated carbocycles. The summed E-state index contributed by atoms with van der Waals surface area (Å²) in [5.41, 5.74) is 3.30. The van der Waals surface area contributed by atoms with Gasteiger partial charge in [-0.25, -0.2) is 4.79 Å². The van der Waals surface area contributed by atoms with E-state index < -0.39 is 0 Å². The fraction of sp³-hybridized carbons (Fsp3) is 0.696. The molecule has 2 aliphatic rings. The van der Waals surface area contributed by atoms with Crippen molar-refractivity contribution in [2.75, 3.05) is 26.7 Å². The number of hydrogen-bond acceptors (Lipinski definition) is 5. The Morgan fingerprint density at radius 1 is 1.07 bits per heavy atom. The second kappa shape index (κ2) is 8.46. The third-order valence-corrected chi connectivity index (χ3v) is 6.43. The maximum Gasteiger partial charge on any atom is 0.329 e. The fourth-order valence-electron chi connectivity index (χ4n) is 4.89. The first-order valence-electron chi connectivity index (χ1n) is 11.2. The molecule has 0 radical (unpaired) electrons. The molecule has 0 amide bonds. The molecular weight excluding hydrogens is 380 g/mol. The first kappa shape index (κ1) is 21.6. The maximum atomic E-state index is 13.0. The topological polar surface area (TPSA) is 60.7 Å². The number of rotatable bonds is 4. The minimum atomic E-state index is -0.149. The lowest BCUT2D eigenvalue weighted by molar-refractivity contribution is -0.236. The summed E-state index contributed by atoms with van der Waals surface area (Å²) in [6, 6.07) is 6.76. The molecule has 0 bridgehead atoms. The van der Waals surface area contributed by atoms with Gasteiger partial charge in [-0.1, -0.05) is 6.07 Å². The smallest absolute Gasteiger partial charge is 0.329 e. The van der Waals surface area contributed by atoms with Gasteiger partial charge in [0.15, 0.2) is 0 Å². The molecule has 7 heteroatoms. The van der Waals surface area contributed by atoms with Gasteiger partial charge < -0.3 is 4.74 Å². The Hall–Kier alpha value is -1.67. The summed E-state index contributed by atoms with van der Waals surface area (Å²) >= 11 is 0. The zero-order chi connectivity index (χ0) is 21.5. The first-order valence-corrected chi connectivity index (χ1v) is 11.2. The predicted molar refractivity (Wildman–Crippen MR) is 119 cm³/mol. The molecule has 2 atom stereocenters. The van der Waals surface area contributed by atoms with E-state index in [1.54, 1.807) is 11.7 Å². The molecule has 2 aliphatic heterocycles. The van der Waals surface area contributed by atoms with Crippen molar-refractivity contribution >= 4 is 11.0 Å². The van der Waals surface area contributed by atoms with Crippen LogP contribution in [-0.4, -0.2) is 52.8 Å². The van der Waals surface area contributed by atoms with Crippen LogP contribution in [0.2, 0.25) is 0 Å². The number of aromatic nitrogens is 2. The van der Waals surface area contributed by atoms with Gasteiger partial charge in [0.25, 0.3) is 0 Å². The average Bonchev–Trinajstić information content (AvgIpc) is 2.97. The quantitative estimate of drug-likeness (QED) is 0.830. The summed E-state index contributed by atoms with van der Waals surface area (Å²) in [5.74, 6) is 0.506. The summed E-state index contributed by atoms with van der Waals surface area (Å²) in [5, 5.41) is 5.50. The normalized spacial score (nSPS) is 24.6. The monoisotopic (exact) mass is 416 g/mol. The van der Waals surface area contributed by atoms with Crippen LogP contribution in [0.1, 0.15) is 64.0 Å². The number of aryl methyl sites for hydroxylation is 1. The molecule has 4 rings (SSSR count). The van der Waals surface area contributed by atoms with E-state index in [4.69, 9.17) is 9.57 Å². The summed E-state index contributed by atoms with van der Waals surface area (Å²) in [4.78, 5) is 19.1. The van der Waals surface area contributed by atoms with Gasteiger partial charge >= 0.3 is 5.69 Å². The highest BCUT2D eigenvalue weighted by Crippen LogP contribution is 2.32. The second-order valence-electron chi connectivity index (χ2n) is 9.73. The molecule has 0 aliphatic carbocycles. The number of imidazole rings is 1. The number of hydrogen-bond donors (Lipinski definition) is 1. The molecular formula is C23H36N4O3. The Balaban J connectivity index is 1.53. The van der Waals surface area contributed by atoms with Crippen molar-refractivity contribution in [2.45, 2.75) is 70.2 Å². The highest BCUT2D eigenvalue weighted by molar-refractivity contribution is 5.77. The number of piperidine rings is 2. The Morgan fingerprint density at radius 3 is 2.40 bits per heavy atom. The van der Waals surface area contributed by atoms with Gasteiger partial charge in [0.2, 0.25) is 0 Å². The second-order valence-corrected chi connectivity index (χ2v) is 9.73. The molecule has 0 spiro atoms. The van der Waals surface area contributed by atoms with Crippen LogP contribution in [0.3, 0.4) is 0 Å². The molecule has 1 N–H and O–H groups in total. The molecule has 166 valence electrons. The van der Waals surface area contributed by atoms with Crippen molar-refractivity contribution in [3.05, 3.63) is 34.2 Å². The van der Waals surface area contributed by atoms with Crippen LogP contribution in [-0.2, 0) is 16.6 Å². The zero-order valence-corrected chi connectivity index (χ0v) is 19.0. The van der Waals surface area contributed by atoms with E-state index >= 15 is 0 Å². The molecule has 2 aromatic rings. The summed E-state index contributed by atoms with van der Waals surface area (Å²) in [6.07, 6.45) is 4.09. The molecule has 7 nitrogen and oxygen atoms in total. The molecule has 1 aromatic carbocycles. The number of hydroxylamine groups is 2. The minimum absolute atomic E-state index is 0.0678. The summed E-state index contributed by atoms with van der Waals surface area (Å²) in [6.45, 7) is 8.91. The highest BCUT2D eigenvalue weighted by Gasteiger charge is 2.27. The van der Waals surface area contributed by atoms with Gasteiger partial charge in [0.1, 0.15) is 6.23 Å². The van der Waals surface area contributed by atoms with Gasteiger partial charge in [-0.3, -0.25) is 19.3 Å². The van der Waals surface area contributed by atoms with Crippen LogP contribution < -0.4 is 11.0 Å². The average molecular weight is 417 g/mol. The Bertz CT molecular complexity index is 926. The van der Waals surface area contributed by atoms with Gasteiger partial charge in [-0.15, -0.1) is 0 Å². The van der Waals surface area contributed by atoms with Gasteiger partial charge in [0.05, 0.1) is 22.7 Å². The number of nitrogens with zero attached hydrogens (tertiary/aromatic N) is 3. The van der Waals surface area contributed by atoms with E-state index in [2.05, 4.69) is 49.4 Å². The molecule has 2 saturated heterocycles. The van der Waals surface area contributed by atoms with Gasteiger partial charge in [0, 0.05) is 33.8 Å². The molecule has 2 unspecified atom stereocenters. The van der Waals surface area contributed by atoms with Gasteiger partial charge in [-0.05, 0) is 70.1 Å². The number of nitrogens with one attached hydrogen (secondary N) is 1. The SMILES string of the molecule is COC1CCC(n2c(=O)n(C)c3cc(C4CCN(OC(C)(C)C)CC4)ccc32)CN1. The number of benzene rings is 1. The third-order valence-electron chi connectivity index (χ3n) is 6.43. The van der Waals surface area contributed by atoms with Gasteiger partial charge in [-0.2, -0.15) is 5.06 Å². The maximum absolute atomic E-state index is 13.0. The van der Waals surface area contributed by atoms with Crippen molar-refractivity contribution < 1.29 is 9.57 Å². The summed E-state index contributed by atoms with van der Waals surface area (Å²) < 4.78 is 9.17. The lowest BCUT2D eigenvalue weighted by Crippen LogP contribution is -2.43. The lowest BCUT2D eigenvalue weighted by Gasteiger charge is -2.35. The van der Waals surface area contributed by atoms with Crippen molar-refractivity contribution in [1.29, 1.82) is 0 Å². The molecule has 30 heavy (non-hydrogen) atoms. The van der Waals surface area contributed by atoms with Crippen molar-refractivity contribution in [3.63, 3.8) is 0 Å². The number of fused-ring (bicyclic) bond motifs is 1. The van der Waals surface area contributed by atoms with Crippen LogP contribution in [0.15, 0.2) is 23.0 Å². The van der Waals surface area contributed by atoms with Crippen LogP contribution in [0.4, 0.5) is 0 Å². The van der Waals surface area contributed by atoms with E-state index in [9.17, 15) is 4.79 Å². The van der Waals surface area contributed by atoms with Crippen LogP contribution >= 0.6 is 0 Å². The summed E-state index contributed by atoms with van der Waals surface area (Å²) in [7, 11) is 3.61. The van der Waals surface area contributed by atoms with Crippen molar-refractivity contribution in [3.8, 4) is 0 Å². The van der Waals surface area contributed by atoms with E-state index in [1.807, 2.05) is 11.6 Å². The number of methoxy groups -OCH3 is 1. The van der Waals surface area contributed by atoms with Crippen molar-refractivity contribution in [1.82, 2.24) is 19.5 Å². The fourth-order valence-corrected chi connectivity index (χ4v) is 4.89. The third kappa shape index (κ3) is 4.35. The van der Waals surface area contributed by atoms with Crippen molar-refractivity contribution in [2.24, 2.45) is 7.05 Å². The minimum Gasteiger partial charge on any atom is -0.367 e. The van der Waals surface area contributed by atoms with E-state index in [1.165, 1.54) is 5.56 Å². The Kier molecular flexibility index (Phi) is 6.08. The zero-order valence-electron chi connectivity index (χ0n) is 19.0. The Labute approximate surface area is 178 Å². The lowest BCUT2D eigenvalue weighted by atomic mass is 9.90. The first-order chi connectivity index (χ1) is 14.3. The van der Waals surface area contributed by atoms with E-state index in [0.717, 1.165) is 56.4 Å². The van der Waals surface area contributed by atoms with E-state index in [-0.39, 0.29) is 23.6 Å². The molecule has 1 aromatic heterocycles. The Morgan fingerprint density at radius 2 is 1.80 bits per heavy atom. The van der Waals surface area contributed by atoms with E-state index in [0.29, 0.717) is 5.92 Å². The van der Waals surface area contributed by atoms with Crippen LogP contribution in [0, 0.1) is 0 Å².